The summed E-state index contributed by atoms with van der Waals surface area (Å²) in [6, 6.07) is 8.41. The Hall–Kier alpha value is 0.698. The van der Waals surface area contributed by atoms with Crippen molar-refractivity contribution in [1.29, 1.82) is 0 Å². The molecule has 0 unspecified atom stereocenters. The Morgan fingerprint density at radius 1 is 0.375 bits per heavy atom. The Bertz CT molecular complexity index is 1050. The van der Waals surface area contributed by atoms with Crippen LogP contribution in [0, 0.1) is 72.7 Å². The fourth-order valence-electron chi connectivity index (χ4n) is 6.37. The fraction of sp³-hybridized carbons (Fsp3) is 0.667. The summed E-state index contributed by atoms with van der Waals surface area (Å²) in [7, 11) is -6.64. The van der Waals surface area contributed by atoms with Crippen molar-refractivity contribution >= 4 is 67.3 Å². The first-order chi connectivity index (χ1) is 20.4. The maximum atomic E-state index is 13.0. The average Bonchev–Trinajstić information content (AvgIpc) is 2.65. The maximum Gasteiger partial charge on any atom is 4.00 e. The van der Waals surface area contributed by atoms with Gasteiger partial charge in [0.05, 0.1) is 6.92 Å². The van der Waals surface area contributed by atoms with E-state index in [0.29, 0.717) is 0 Å². The second-order valence-electron chi connectivity index (χ2n) is 19.4. The summed E-state index contributed by atoms with van der Waals surface area (Å²) in [4.78, 5) is 0. The molecular weight excluding hydrogens is 908 g/mol. The Morgan fingerprint density at radius 3 is 0.625 bits per heavy atom. The van der Waals surface area contributed by atoms with Gasteiger partial charge in [-0.2, -0.15) is 0 Å². The van der Waals surface area contributed by atoms with Crippen LogP contribution in [-0.4, -0.2) is 56.3 Å². The minimum absolute atomic E-state index is 0. The molecule has 0 saturated heterocycles. The molecule has 0 atom stereocenters. The van der Waals surface area contributed by atoms with E-state index in [1.54, 1.807) is 0 Å². The van der Waals surface area contributed by atoms with Crippen molar-refractivity contribution in [2.75, 3.05) is 0 Å². The number of rotatable bonds is 8. The molecule has 272 valence electrons. The number of benzene rings is 2. The molecule has 2 aromatic carbocycles. The summed E-state index contributed by atoms with van der Waals surface area (Å²) in [5, 5.41) is 13.0. The summed E-state index contributed by atoms with van der Waals surface area (Å²) in [5.74, 6) is 0. The predicted molar refractivity (Wildman–Crippen MR) is 236 cm³/mol. The second kappa shape index (κ2) is 20.8. The van der Waals surface area contributed by atoms with Gasteiger partial charge >= 0.3 is 31.1 Å². The summed E-state index contributed by atoms with van der Waals surface area (Å²) in [5.41, 5.74) is 8.70. The molecule has 0 aliphatic rings. The molecule has 48 heavy (non-hydrogen) atoms. The molecule has 0 saturated carbocycles. The van der Waals surface area contributed by atoms with E-state index >= 15 is 0 Å². The van der Waals surface area contributed by atoms with Gasteiger partial charge in [0.1, 0.15) is 0 Å². The van der Waals surface area contributed by atoms with Gasteiger partial charge in [-0.25, -0.2) is 0 Å². The zero-order chi connectivity index (χ0) is 38.1. The molecule has 12 heteroatoms. The number of aryl methyl sites for hydroxylation is 6. The molecule has 0 aromatic heterocycles. The summed E-state index contributed by atoms with van der Waals surface area (Å²) >= 11 is 0. The molecule has 0 amide bonds. The van der Waals surface area contributed by atoms with Crippen molar-refractivity contribution in [1.82, 2.24) is 0 Å². The van der Waals surface area contributed by atoms with Crippen molar-refractivity contribution < 1.29 is 36.1 Å². The second-order valence-corrected chi connectivity index (χ2v) is 48.1. The normalized spacial score (nSPS) is 12.4. The number of hydrogen-bond donors (Lipinski definition) is 0. The van der Waals surface area contributed by atoms with E-state index < -0.39 is 56.3 Å². The van der Waals surface area contributed by atoms with Gasteiger partial charge in [-0.15, -0.1) is 0 Å². The standard InChI is InChI=1S/C18H22BO.3C6H18NSi2.U/c1-11-7-13(3)17(14(4)8-11)19(20)18-15(5)9-12(2)10-16(18)6;3*1-8(2,3)7-9(4,5)6;/h7-10H,1-6H3;3*1-6H3;/q4*-1;+4. The number of hydrogen-bond acceptors (Lipinski definition) is 1. The van der Waals surface area contributed by atoms with Gasteiger partial charge in [0.15, 0.2) is 0 Å². The first-order valence-electron chi connectivity index (χ1n) is 17.5. The molecule has 0 bridgehead atoms. The van der Waals surface area contributed by atoms with Gasteiger partial charge < -0.3 is 19.0 Å². The van der Waals surface area contributed by atoms with E-state index in [-0.39, 0.29) is 31.1 Å². The van der Waals surface area contributed by atoms with Crippen LogP contribution in [0.2, 0.25) is 118 Å². The average molecular weight is 984 g/mol. The number of nitrogens with zero attached hydrogens (tertiary/aromatic N) is 3. The van der Waals surface area contributed by atoms with Gasteiger partial charge in [-0.3, -0.25) is 0 Å². The molecule has 2 rings (SSSR count). The summed E-state index contributed by atoms with van der Waals surface area (Å²) < 4.78 is 14.5. The Kier molecular flexibility index (Phi) is 23.0. The van der Waals surface area contributed by atoms with E-state index in [4.69, 9.17) is 13.9 Å². The SMILES string of the molecule is C[Si](C)(C)[N-][Si](C)(C)C.C[Si](C)(C)[N-][Si](C)(C)C.C[Si](C)(C)[N-][Si](C)(C)C.Cc1cc(C)c(B([O-])c2c(C)cc(C)cc2C)c(C)c1.[U+4]. The third kappa shape index (κ3) is 28.3. The van der Waals surface area contributed by atoms with E-state index in [2.05, 4.69) is 156 Å². The van der Waals surface area contributed by atoms with Crippen molar-refractivity contribution in [3.05, 3.63) is 71.6 Å². The van der Waals surface area contributed by atoms with Crippen LogP contribution in [0.15, 0.2) is 24.3 Å². The molecular formula is C36H76BN3OSi6U. The Morgan fingerprint density at radius 2 is 0.521 bits per heavy atom. The monoisotopic (exact) mass is 984 g/mol. The van der Waals surface area contributed by atoms with Crippen molar-refractivity contribution in [3.8, 4) is 0 Å². The van der Waals surface area contributed by atoms with Crippen LogP contribution < -0.4 is 15.9 Å². The first-order valence-corrected chi connectivity index (χ1v) is 38.1. The predicted octanol–water partition coefficient (Wildman–Crippen LogP) is 11.1. The van der Waals surface area contributed by atoms with Crippen molar-refractivity contribution in [3.63, 3.8) is 0 Å². The van der Waals surface area contributed by atoms with Crippen LogP contribution in [-0.2, 0) is 0 Å². The van der Waals surface area contributed by atoms with Crippen LogP contribution in [0.5, 0.6) is 0 Å². The van der Waals surface area contributed by atoms with Gasteiger partial charge in [0.25, 0.3) is 0 Å². The van der Waals surface area contributed by atoms with E-state index in [0.717, 1.165) is 33.2 Å². The third-order valence-electron chi connectivity index (χ3n) is 6.01. The fourth-order valence-corrected chi connectivity index (χ4v) is 30.5. The minimum Gasteiger partial charge on any atom is -0.872 e. The Balaban J connectivity index is -0.000000614. The van der Waals surface area contributed by atoms with E-state index in [1.807, 2.05) is 27.7 Å². The van der Waals surface area contributed by atoms with Gasteiger partial charge in [0.2, 0.25) is 0 Å². The van der Waals surface area contributed by atoms with Crippen LogP contribution >= 0.6 is 0 Å². The molecule has 0 radical (unpaired) electrons. The molecule has 0 aliphatic carbocycles. The minimum atomic E-state index is -1.11. The van der Waals surface area contributed by atoms with Crippen LogP contribution in [0.3, 0.4) is 0 Å². The van der Waals surface area contributed by atoms with Crippen LogP contribution in [0.25, 0.3) is 13.9 Å². The maximum absolute atomic E-state index is 13.0. The van der Waals surface area contributed by atoms with Crippen LogP contribution in [0.1, 0.15) is 33.4 Å². The Labute approximate surface area is 331 Å². The topological polar surface area (TPSA) is 65.4 Å². The molecule has 0 N–H and O–H groups in total. The summed E-state index contributed by atoms with van der Waals surface area (Å²) in [6.45, 7) is 52.9. The largest absolute Gasteiger partial charge is 4.00 e. The molecule has 0 heterocycles. The van der Waals surface area contributed by atoms with Crippen LogP contribution in [0.4, 0.5) is 0 Å². The molecule has 0 spiro atoms. The third-order valence-corrected chi connectivity index (χ3v) is 22.1. The van der Waals surface area contributed by atoms with Gasteiger partial charge in [-0.1, -0.05) is 236 Å². The molecule has 0 aliphatic heterocycles. The van der Waals surface area contributed by atoms with Gasteiger partial charge in [0, 0.05) is 0 Å². The van der Waals surface area contributed by atoms with Crippen molar-refractivity contribution in [2.45, 2.75) is 159 Å². The van der Waals surface area contributed by atoms with E-state index in [1.165, 1.54) is 11.1 Å². The molecule has 0 fully saturated rings. The van der Waals surface area contributed by atoms with Gasteiger partial charge in [-0.05, 0) is 41.5 Å². The van der Waals surface area contributed by atoms with Crippen molar-refractivity contribution in [2.24, 2.45) is 0 Å². The van der Waals surface area contributed by atoms with E-state index in [9.17, 15) is 5.02 Å². The quantitative estimate of drug-likeness (QED) is 0.243. The molecule has 4 nitrogen and oxygen atoms in total. The smallest absolute Gasteiger partial charge is 0.872 e. The summed E-state index contributed by atoms with van der Waals surface area (Å²) in [6.07, 6.45) is 0. The first kappa shape index (κ1) is 53.1. The zero-order valence-corrected chi connectivity index (χ0v) is 46.3. The zero-order valence-electron chi connectivity index (χ0n) is 36.1. The molecule has 2 aromatic rings.